The third-order valence-electron chi connectivity index (χ3n) is 6.08. The molecule has 0 N–H and O–H groups in total. The predicted molar refractivity (Wildman–Crippen MR) is 132 cm³/mol. The quantitative estimate of drug-likeness (QED) is 0.361. The lowest BCUT2D eigenvalue weighted by atomic mass is 10.1. The lowest BCUT2D eigenvalue weighted by molar-refractivity contribution is -0.385. The first-order valence-electron chi connectivity index (χ1n) is 10.9. The average molecular weight is 496 g/mol. The van der Waals surface area contributed by atoms with Crippen molar-refractivity contribution < 1.29 is 22.9 Å². The molecule has 3 aromatic rings. The number of carbonyl (C=O) groups is 1. The number of sulfonamides is 1. The van der Waals surface area contributed by atoms with Crippen molar-refractivity contribution >= 4 is 33.0 Å². The van der Waals surface area contributed by atoms with E-state index in [1.807, 2.05) is 31.2 Å². The number of ether oxygens (including phenoxy) is 1. The Hall–Kier alpha value is -3.92. The number of hydrogen-bond acceptors (Lipinski definition) is 6. The molecule has 1 aliphatic rings. The summed E-state index contributed by atoms with van der Waals surface area (Å²) < 4.78 is 33.7. The predicted octanol–water partition coefficient (Wildman–Crippen LogP) is 4.08. The van der Waals surface area contributed by atoms with Crippen LogP contribution in [0.5, 0.6) is 5.75 Å². The second-order valence-electron chi connectivity index (χ2n) is 8.36. The second kappa shape index (κ2) is 9.38. The van der Waals surface area contributed by atoms with Crippen LogP contribution in [-0.2, 0) is 21.2 Å². The Morgan fingerprint density at radius 2 is 1.83 bits per heavy atom. The van der Waals surface area contributed by atoms with Crippen molar-refractivity contribution in [2.24, 2.45) is 0 Å². The molecule has 0 aromatic heterocycles. The maximum Gasteiger partial charge on any atom is 0.273 e. The SMILES string of the molecule is COc1ccc(N(CC(=O)N2c3ccccc3C[C@H]2C)S(=O)(=O)c2ccc(C)c([N+](=O)[O-])c2)cc1. The number of fused-ring (bicyclic) bond motifs is 1. The zero-order valence-electron chi connectivity index (χ0n) is 19.5. The highest BCUT2D eigenvalue weighted by molar-refractivity contribution is 7.92. The van der Waals surface area contributed by atoms with Crippen LogP contribution in [-0.4, -0.2) is 38.9 Å². The second-order valence-corrected chi connectivity index (χ2v) is 10.2. The molecule has 0 spiro atoms. The van der Waals surface area contributed by atoms with E-state index in [0.29, 0.717) is 17.7 Å². The zero-order chi connectivity index (χ0) is 25.3. The van der Waals surface area contributed by atoms with Gasteiger partial charge in [-0.05, 0) is 62.2 Å². The van der Waals surface area contributed by atoms with Crippen LogP contribution in [0.1, 0.15) is 18.1 Å². The number of nitro benzene ring substituents is 1. The van der Waals surface area contributed by atoms with Gasteiger partial charge < -0.3 is 9.64 Å². The van der Waals surface area contributed by atoms with Crippen LogP contribution in [0.25, 0.3) is 0 Å². The first-order valence-corrected chi connectivity index (χ1v) is 12.4. The van der Waals surface area contributed by atoms with Gasteiger partial charge in [-0.2, -0.15) is 0 Å². The number of hydrogen-bond donors (Lipinski definition) is 0. The molecule has 0 bridgehead atoms. The van der Waals surface area contributed by atoms with Crippen LogP contribution in [0.4, 0.5) is 17.1 Å². The third kappa shape index (κ3) is 4.57. The maximum atomic E-state index is 13.8. The minimum absolute atomic E-state index is 0.138. The van der Waals surface area contributed by atoms with Gasteiger partial charge in [0.2, 0.25) is 5.91 Å². The van der Waals surface area contributed by atoms with Crippen LogP contribution in [0.3, 0.4) is 0 Å². The van der Waals surface area contributed by atoms with E-state index in [2.05, 4.69) is 0 Å². The number of carbonyl (C=O) groups excluding carboxylic acids is 1. The first-order chi connectivity index (χ1) is 16.6. The molecule has 4 rings (SSSR count). The van der Waals surface area contributed by atoms with Gasteiger partial charge >= 0.3 is 0 Å². The van der Waals surface area contributed by atoms with Gasteiger partial charge in [-0.3, -0.25) is 19.2 Å². The Morgan fingerprint density at radius 1 is 1.14 bits per heavy atom. The minimum Gasteiger partial charge on any atom is -0.497 e. The molecule has 0 aliphatic carbocycles. The molecule has 1 amide bonds. The molecule has 182 valence electrons. The van der Waals surface area contributed by atoms with Crippen molar-refractivity contribution in [2.45, 2.75) is 31.2 Å². The minimum atomic E-state index is -4.33. The number of methoxy groups -OCH3 is 1. The molecule has 1 aliphatic heterocycles. The molecule has 0 radical (unpaired) electrons. The normalized spacial score (nSPS) is 14.9. The molecule has 3 aromatic carbocycles. The van der Waals surface area contributed by atoms with Crippen molar-refractivity contribution in [2.75, 3.05) is 22.9 Å². The Bertz CT molecular complexity index is 1390. The Kier molecular flexibility index (Phi) is 6.49. The van der Waals surface area contributed by atoms with Gasteiger partial charge in [-0.1, -0.05) is 24.3 Å². The summed E-state index contributed by atoms with van der Waals surface area (Å²) in [6, 6.07) is 17.4. The van der Waals surface area contributed by atoms with Gasteiger partial charge in [0.25, 0.3) is 15.7 Å². The van der Waals surface area contributed by atoms with Crippen molar-refractivity contribution in [3.05, 3.63) is 88.0 Å². The first kappa shape index (κ1) is 24.2. The molecule has 35 heavy (non-hydrogen) atoms. The zero-order valence-corrected chi connectivity index (χ0v) is 20.4. The van der Waals surface area contributed by atoms with Gasteiger partial charge in [-0.15, -0.1) is 0 Å². The van der Waals surface area contributed by atoms with E-state index in [-0.39, 0.29) is 22.3 Å². The number of para-hydroxylation sites is 1. The number of rotatable bonds is 7. The van der Waals surface area contributed by atoms with E-state index in [9.17, 15) is 23.3 Å². The number of nitro groups is 1. The molecular formula is C25H25N3O6S. The largest absolute Gasteiger partial charge is 0.497 e. The fraction of sp³-hybridized carbons (Fsp3) is 0.240. The number of aryl methyl sites for hydroxylation is 1. The summed E-state index contributed by atoms with van der Waals surface area (Å²) in [7, 11) is -2.83. The van der Waals surface area contributed by atoms with Gasteiger partial charge in [0.15, 0.2) is 0 Å². The average Bonchev–Trinajstić information content (AvgIpc) is 3.18. The van der Waals surface area contributed by atoms with Crippen molar-refractivity contribution in [3.63, 3.8) is 0 Å². The Morgan fingerprint density at radius 3 is 2.49 bits per heavy atom. The van der Waals surface area contributed by atoms with Crippen molar-refractivity contribution in [1.29, 1.82) is 0 Å². The van der Waals surface area contributed by atoms with Crippen LogP contribution in [0.15, 0.2) is 71.6 Å². The van der Waals surface area contributed by atoms with E-state index in [4.69, 9.17) is 4.74 Å². The summed E-state index contributed by atoms with van der Waals surface area (Å²) in [6.07, 6.45) is 0.668. The van der Waals surface area contributed by atoms with E-state index in [0.717, 1.165) is 21.6 Å². The summed E-state index contributed by atoms with van der Waals surface area (Å²) in [5.74, 6) is 0.119. The number of benzene rings is 3. The number of nitrogens with zero attached hydrogens (tertiary/aromatic N) is 3. The van der Waals surface area contributed by atoms with Crippen molar-refractivity contribution in [1.82, 2.24) is 0 Å². The summed E-state index contributed by atoms with van der Waals surface area (Å²) in [6.45, 7) is 2.97. The Labute approximate surface area is 203 Å². The van der Waals surface area contributed by atoms with Gasteiger partial charge in [0.1, 0.15) is 12.3 Å². The van der Waals surface area contributed by atoms with Crippen LogP contribution in [0.2, 0.25) is 0 Å². The van der Waals surface area contributed by atoms with Gasteiger partial charge in [0.05, 0.1) is 22.6 Å². The van der Waals surface area contributed by atoms with Gasteiger partial charge in [-0.25, -0.2) is 8.42 Å². The van der Waals surface area contributed by atoms with E-state index >= 15 is 0 Å². The number of amides is 1. The summed E-state index contributed by atoms with van der Waals surface area (Å²) >= 11 is 0. The van der Waals surface area contributed by atoms with Crippen molar-refractivity contribution in [3.8, 4) is 5.75 Å². The summed E-state index contributed by atoms with van der Waals surface area (Å²) in [4.78, 5) is 25.7. The monoisotopic (exact) mass is 495 g/mol. The third-order valence-corrected chi connectivity index (χ3v) is 7.85. The molecule has 0 saturated carbocycles. The van der Waals surface area contributed by atoms with E-state index < -0.39 is 27.4 Å². The molecular weight excluding hydrogens is 470 g/mol. The smallest absolute Gasteiger partial charge is 0.273 e. The van der Waals surface area contributed by atoms with Crippen LogP contribution >= 0.6 is 0 Å². The lowest BCUT2D eigenvalue weighted by Gasteiger charge is -2.29. The maximum absolute atomic E-state index is 13.8. The molecule has 9 nitrogen and oxygen atoms in total. The molecule has 10 heteroatoms. The fourth-order valence-corrected chi connectivity index (χ4v) is 5.72. The van der Waals surface area contributed by atoms with E-state index in [1.54, 1.807) is 17.0 Å². The standard InChI is InChI=1S/C25H25N3O6S/c1-17-8-13-22(15-24(17)28(30)31)35(32,33)26(20-9-11-21(34-3)12-10-20)16-25(29)27-18(2)14-19-6-4-5-7-23(19)27/h4-13,15,18H,14,16H2,1-3H3/t18-/m1/s1. The van der Waals surface area contributed by atoms with Crippen LogP contribution in [0, 0.1) is 17.0 Å². The topological polar surface area (TPSA) is 110 Å². The van der Waals surface area contributed by atoms with Gasteiger partial charge in [0, 0.05) is 23.4 Å². The lowest BCUT2D eigenvalue weighted by Crippen LogP contribution is -2.45. The fourth-order valence-electron chi connectivity index (χ4n) is 4.28. The summed E-state index contributed by atoms with van der Waals surface area (Å²) in [5, 5.41) is 11.4. The Balaban J connectivity index is 1.77. The molecule has 0 unspecified atom stereocenters. The summed E-state index contributed by atoms with van der Waals surface area (Å²) in [5.41, 5.74) is 2.03. The highest BCUT2D eigenvalue weighted by atomic mass is 32.2. The molecule has 0 fully saturated rings. The number of anilines is 2. The molecule has 1 atom stereocenters. The highest BCUT2D eigenvalue weighted by Gasteiger charge is 2.35. The van der Waals surface area contributed by atoms with E-state index in [1.165, 1.54) is 38.3 Å². The van der Waals surface area contributed by atoms with Crippen LogP contribution < -0.4 is 13.9 Å². The highest BCUT2D eigenvalue weighted by Crippen LogP contribution is 2.34. The molecule has 1 heterocycles. The molecule has 0 saturated heterocycles.